The van der Waals surface area contributed by atoms with Gasteiger partial charge in [-0.3, -0.25) is 4.57 Å². The first-order valence-electron chi connectivity index (χ1n) is 5.42. The normalized spacial score (nSPS) is 11.1. The van der Waals surface area contributed by atoms with Crippen LogP contribution in [0.5, 0.6) is 0 Å². The Labute approximate surface area is 123 Å². The lowest BCUT2D eigenvalue weighted by Crippen LogP contribution is -1.98. The molecular formula is C13H7Cl2FN2S. The zero-order valence-electron chi connectivity index (χ0n) is 9.45. The van der Waals surface area contributed by atoms with Crippen molar-refractivity contribution in [1.29, 1.82) is 0 Å². The van der Waals surface area contributed by atoms with Crippen LogP contribution in [0, 0.1) is 10.6 Å². The largest absolute Gasteiger partial charge is 0.330 e. The van der Waals surface area contributed by atoms with E-state index in [4.69, 9.17) is 35.4 Å². The van der Waals surface area contributed by atoms with E-state index >= 15 is 0 Å². The highest BCUT2D eigenvalue weighted by Crippen LogP contribution is 2.29. The van der Waals surface area contributed by atoms with Crippen LogP contribution in [0.1, 0.15) is 0 Å². The van der Waals surface area contributed by atoms with E-state index < -0.39 is 5.82 Å². The van der Waals surface area contributed by atoms with Gasteiger partial charge in [0.2, 0.25) is 0 Å². The zero-order chi connectivity index (χ0) is 13.6. The number of nitrogens with zero attached hydrogens (tertiary/aromatic N) is 1. The summed E-state index contributed by atoms with van der Waals surface area (Å²) < 4.78 is 15.9. The number of rotatable bonds is 1. The molecule has 1 heterocycles. The van der Waals surface area contributed by atoms with E-state index in [0.29, 0.717) is 15.3 Å². The summed E-state index contributed by atoms with van der Waals surface area (Å²) >= 11 is 17.3. The zero-order valence-corrected chi connectivity index (χ0v) is 11.8. The maximum absolute atomic E-state index is 14.0. The van der Waals surface area contributed by atoms with Gasteiger partial charge in [0.05, 0.1) is 16.1 Å². The molecule has 0 unspecified atom stereocenters. The van der Waals surface area contributed by atoms with Crippen molar-refractivity contribution in [2.45, 2.75) is 0 Å². The molecule has 1 aromatic heterocycles. The lowest BCUT2D eigenvalue weighted by Gasteiger charge is -2.08. The molecule has 3 rings (SSSR count). The average molecular weight is 313 g/mol. The smallest absolute Gasteiger partial charge is 0.182 e. The molecule has 0 aliphatic carbocycles. The van der Waals surface area contributed by atoms with E-state index in [1.807, 2.05) is 0 Å². The van der Waals surface area contributed by atoms with E-state index in [0.717, 1.165) is 5.52 Å². The first kappa shape index (κ1) is 12.7. The molecule has 0 saturated carbocycles. The predicted octanol–water partition coefficient (Wildman–Crippen LogP) is 5.13. The van der Waals surface area contributed by atoms with Crippen LogP contribution in [0.2, 0.25) is 10.0 Å². The number of halogens is 3. The fourth-order valence-corrected chi connectivity index (χ4v) is 2.71. The van der Waals surface area contributed by atoms with Crippen LogP contribution < -0.4 is 0 Å². The summed E-state index contributed by atoms with van der Waals surface area (Å²) in [5.74, 6) is -0.440. The second-order valence-electron chi connectivity index (χ2n) is 4.00. The van der Waals surface area contributed by atoms with E-state index in [1.54, 1.807) is 34.9 Å². The summed E-state index contributed by atoms with van der Waals surface area (Å²) in [7, 11) is 0. The fourth-order valence-electron chi connectivity index (χ4n) is 2.00. The number of imidazole rings is 1. The summed E-state index contributed by atoms with van der Waals surface area (Å²) in [6.45, 7) is 0. The van der Waals surface area contributed by atoms with Crippen molar-refractivity contribution in [3.8, 4) is 5.69 Å². The molecule has 0 saturated heterocycles. The van der Waals surface area contributed by atoms with Crippen LogP contribution in [-0.2, 0) is 0 Å². The Morgan fingerprint density at radius 2 is 1.95 bits per heavy atom. The molecule has 2 nitrogen and oxygen atoms in total. The van der Waals surface area contributed by atoms with Gasteiger partial charge in [-0.25, -0.2) is 4.39 Å². The van der Waals surface area contributed by atoms with E-state index in [1.165, 1.54) is 6.07 Å². The van der Waals surface area contributed by atoms with Crippen molar-refractivity contribution in [3.63, 3.8) is 0 Å². The molecule has 3 aromatic rings. The van der Waals surface area contributed by atoms with Gasteiger partial charge in [-0.15, -0.1) is 0 Å². The maximum atomic E-state index is 14.0. The first-order chi connectivity index (χ1) is 9.08. The molecule has 2 aromatic carbocycles. The van der Waals surface area contributed by atoms with Crippen LogP contribution in [0.25, 0.3) is 16.7 Å². The van der Waals surface area contributed by atoms with Crippen molar-refractivity contribution in [2.75, 3.05) is 0 Å². The van der Waals surface area contributed by atoms with Crippen LogP contribution in [-0.4, -0.2) is 9.55 Å². The third-order valence-electron chi connectivity index (χ3n) is 2.81. The van der Waals surface area contributed by atoms with Gasteiger partial charge in [0.1, 0.15) is 11.5 Å². The Bertz CT molecular complexity index is 818. The summed E-state index contributed by atoms with van der Waals surface area (Å²) in [5, 5.41) is 0.833. The minimum atomic E-state index is -0.440. The molecule has 0 fully saturated rings. The van der Waals surface area contributed by atoms with Crippen molar-refractivity contribution >= 4 is 46.5 Å². The molecule has 6 heteroatoms. The van der Waals surface area contributed by atoms with Gasteiger partial charge < -0.3 is 4.98 Å². The maximum Gasteiger partial charge on any atom is 0.182 e. The van der Waals surface area contributed by atoms with Gasteiger partial charge in [0, 0.05) is 5.02 Å². The van der Waals surface area contributed by atoms with Crippen molar-refractivity contribution in [1.82, 2.24) is 9.55 Å². The van der Waals surface area contributed by atoms with Gasteiger partial charge in [0.25, 0.3) is 0 Å². The second kappa shape index (κ2) is 4.63. The number of H-pyrrole nitrogens is 1. The number of fused-ring (bicyclic) bond motifs is 1. The third-order valence-corrected chi connectivity index (χ3v) is 3.63. The number of nitrogens with one attached hydrogen (secondary N) is 1. The SMILES string of the molecule is Fc1cccc(Cl)c1-n1c(=S)[nH]c2ccc(Cl)cc21. The Morgan fingerprint density at radius 1 is 1.16 bits per heavy atom. The van der Waals surface area contributed by atoms with Crippen LogP contribution >= 0.6 is 35.4 Å². The lowest BCUT2D eigenvalue weighted by molar-refractivity contribution is 0.619. The number of hydrogen-bond donors (Lipinski definition) is 1. The molecule has 0 spiro atoms. The number of para-hydroxylation sites is 1. The van der Waals surface area contributed by atoms with Gasteiger partial charge >= 0.3 is 0 Å². The second-order valence-corrected chi connectivity index (χ2v) is 5.23. The molecule has 0 bridgehead atoms. The van der Waals surface area contributed by atoms with Crippen molar-refractivity contribution in [2.24, 2.45) is 0 Å². The van der Waals surface area contributed by atoms with Crippen molar-refractivity contribution < 1.29 is 4.39 Å². The fraction of sp³-hybridized carbons (Fsp3) is 0. The summed E-state index contributed by atoms with van der Waals surface area (Å²) in [4.78, 5) is 3.00. The number of benzene rings is 2. The molecular weight excluding hydrogens is 306 g/mol. The highest BCUT2D eigenvalue weighted by atomic mass is 35.5. The molecule has 0 aliphatic rings. The lowest BCUT2D eigenvalue weighted by atomic mass is 10.2. The minimum Gasteiger partial charge on any atom is -0.330 e. The average Bonchev–Trinajstić information content (AvgIpc) is 2.66. The van der Waals surface area contributed by atoms with Gasteiger partial charge in [0.15, 0.2) is 4.77 Å². The van der Waals surface area contributed by atoms with E-state index in [9.17, 15) is 4.39 Å². The van der Waals surface area contributed by atoms with Gasteiger partial charge in [-0.2, -0.15) is 0 Å². The highest BCUT2D eigenvalue weighted by Gasteiger charge is 2.14. The molecule has 96 valence electrons. The standard InChI is InChI=1S/C13H7Cl2FN2S/c14-7-4-5-10-11(6-7)18(13(19)17-10)12-8(15)2-1-3-9(12)16/h1-6H,(H,17,19). The predicted molar refractivity (Wildman–Crippen MR) is 78.4 cm³/mol. The van der Waals surface area contributed by atoms with Crippen LogP contribution in [0.15, 0.2) is 36.4 Å². The summed E-state index contributed by atoms with van der Waals surface area (Å²) in [6, 6.07) is 9.75. The Balaban J connectivity index is 2.46. The quantitative estimate of drug-likeness (QED) is 0.617. The van der Waals surface area contributed by atoms with E-state index in [-0.39, 0.29) is 10.7 Å². The molecule has 0 amide bonds. The molecule has 0 aliphatic heterocycles. The van der Waals surface area contributed by atoms with Gasteiger partial charge in [-0.05, 0) is 42.5 Å². The van der Waals surface area contributed by atoms with Crippen LogP contribution in [0.3, 0.4) is 0 Å². The Morgan fingerprint density at radius 3 is 2.68 bits per heavy atom. The summed E-state index contributed by atoms with van der Waals surface area (Å²) in [6.07, 6.45) is 0. The highest BCUT2D eigenvalue weighted by molar-refractivity contribution is 7.71. The van der Waals surface area contributed by atoms with Gasteiger partial charge in [-0.1, -0.05) is 29.3 Å². The topological polar surface area (TPSA) is 20.7 Å². The van der Waals surface area contributed by atoms with Crippen LogP contribution in [0.4, 0.5) is 4.39 Å². The Hall–Kier alpha value is -1.36. The summed E-state index contributed by atoms with van der Waals surface area (Å²) in [5.41, 5.74) is 1.68. The van der Waals surface area contributed by atoms with Crippen molar-refractivity contribution in [3.05, 3.63) is 57.0 Å². The molecule has 19 heavy (non-hydrogen) atoms. The minimum absolute atomic E-state index is 0.225. The number of hydrogen-bond acceptors (Lipinski definition) is 1. The monoisotopic (exact) mass is 312 g/mol. The first-order valence-corrected chi connectivity index (χ1v) is 6.59. The Kier molecular flexibility index (Phi) is 3.09. The molecule has 1 N–H and O–H groups in total. The molecule has 0 radical (unpaired) electrons. The third kappa shape index (κ3) is 2.06. The molecule has 0 atom stereocenters. The number of aromatic amines is 1. The van der Waals surface area contributed by atoms with E-state index in [2.05, 4.69) is 4.98 Å². The number of aromatic nitrogens is 2.